The molecule has 3 aromatic rings. The summed E-state index contributed by atoms with van der Waals surface area (Å²) in [6.07, 6.45) is 0.520. The molecule has 1 atom stereocenters. The van der Waals surface area contributed by atoms with Crippen molar-refractivity contribution in [3.63, 3.8) is 0 Å². The van der Waals surface area contributed by atoms with Gasteiger partial charge in [0.2, 0.25) is 7.59 Å². The van der Waals surface area contributed by atoms with Crippen LogP contribution >= 0.6 is 81.4 Å². The quantitative estimate of drug-likeness (QED) is 0.175. The van der Waals surface area contributed by atoms with Gasteiger partial charge in [-0.15, -0.1) is 11.8 Å². The van der Waals surface area contributed by atoms with Crippen molar-refractivity contribution in [2.24, 2.45) is 0 Å². The molecule has 0 aliphatic carbocycles. The number of carbonyl (C=O) groups is 1. The van der Waals surface area contributed by atoms with E-state index in [4.69, 9.17) is 74.3 Å². The van der Waals surface area contributed by atoms with Crippen LogP contribution < -0.4 is 0 Å². The first-order chi connectivity index (χ1) is 15.5. The molecule has 0 spiro atoms. The van der Waals surface area contributed by atoms with Crippen LogP contribution in [0.2, 0.25) is 0 Å². The first kappa shape index (κ1) is 26.6. The summed E-state index contributed by atoms with van der Waals surface area (Å²) in [6, 6.07) is 16.8. The van der Waals surface area contributed by atoms with Gasteiger partial charge >= 0.3 is 5.97 Å². The molecule has 174 valence electrons. The maximum atomic E-state index is 12.3. The number of methoxy groups -OCH3 is 1. The Morgan fingerprint density at radius 3 is 1.91 bits per heavy atom. The topological polar surface area (TPSA) is 65.0 Å². The SMILES string of the molecule is COC(=O)C(Cc1ccccc1)Sc1ccc(-c2nc(C(Cl)(Cl)Cl)nc(C(Cl)(Cl)Cl)n2)cc1. The summed E-state index contributed by atoms with van der Waals surface area (Å²) in [5.41, 5.74) is 1.60. The van der Waals surface area contributed by atoms with Gasteiger partial charge in [0.15, 0.2) is 17.5 Å². The van der Waals surface area contributed by atoms with Crippen LogP contribution in [0.5, 0.6) is 0 Å². The Labute approximate surface area is 225 Å². The van der Waals surface area contributed by atoms with Crippen molar-refractivity contribution in [3.8, 4) is 11.4 Å². The summed E-state index contributed by atoms with van der Waals surface area (Å²) >= 11 is 37.0. The van der Waals surface area contributed by atoms with Gasteiger partial charge in [0.05, 0.1) is 7.11 Å². The van der Waals surface area contributed by atoms with E-state index in [-0.39, 0.29) is 23.4 Å². The number of benzene rings is 2. The Kier molecular flexibility index (Phi) is 9.00. The third-order valence-electron chi connectivity index (χ3n) is 4.26. The Morgan fingerprint density at radius 2 is 1.42 bits per heavy atom. The van der Waals surface area contributed by atoms with Crippen LogP contribution in [0.25, 0.3) is 11.4 Å². The van der Waals surface area contributed by atoms with Gasteiger partial charge in [-0.3, -0.25) is 4.79 Å². The summed E-state index contributed by atoms with van der Waals surface area (Å²) in [5.74, 6) is -0.500. The summed E-state index contributed by atoms with van der Waals surface area (Å²) in [7, 11) is 1.37. The van der Waals surface area contributed by atoms with E-state index in [0.717, 1.165) is 10.5 Å². The second-order valence-corrected chi connectivity index (χ2v) is 12.5. The van der Waals surface area contributed by atoms with Crippen LogP contribution in [0.15, 0.2) is 59.5 Å². The fourth-order valence-corrected chi connectivity index (χ4v) is 4.34. The van der Waals surface area contributed by atoms with Crippen LogP contribution in [-0.2, 0) is 23.5 Å². The zero-order valence-electron chi connectivity index (χ0n) is 16.8. The molecular weight excluding hydrogens is 571 g/mol. The molecule has 0 aliphatic rings. The van der Waals surface area contributed by atoms with Crippen LogP contribution in [-0.4, -0.2) is 33.3 Å². The monoisotopic (exact) mass is 583 g/mol. The molecule has 1 unspecified atom stereocenters. The molecule has 5 nitrogen and oxygen atoms in total. The molecule has 0 saturated carbocycles. The van der Waals surface area contributed by atoms with Crippen LogP contribution in [0.1, 0.15) is 17.2 Å². The highest BCUT2D eigenvalue weighted by molar-refractivity contribution is 8.00. The number of ether oxygens (including phenoxy) is 1. The van der Waals surface area contributed by atoms with Crippen molar-refractivity contribution in [3.05, 3.63) is 71.8 Å². The predicted molar refractivity (Wildman–Crippen MR) is 136 cm³/mol. The minimum absolute atomic E-state index is 0.165. The van der Waals surface area contributed by atoms with E-state index in [1.807, 2.05) is 42.5 Å². The highest BCUT2D eigenvalue weighted by Gasteiger charge is 2.34. The van der Waals surface area contributed by atoms with E-state index >= 15 is 0 Å². The smallest absolute Gasteiger partial charge is 0.319 e. The molecule has 0 saturated heterocycles. The van der Waals surface area contributed by atoms with Gasteiger partial charge in [0.25, 0.3) is 0 Å². The molecule has 0 fully saturated rings. The fraction of sp³-hybridized carbons (Fsp3) is 0.238. The maximum absolute atomic E-state index is 12.3. The summed E-state index contributed by atoms with van der Waals surface area (Å²) in [4.78, 5) is 25.5. The maximum Gasteiger partial charge on any atom is 0.319 e. The molecule has 2 aromatic carbocycles. The number of hydrogen-bond acceptors (Lipinski definition) is 6. The third-order valence-corrected chi connectivity index (χ3v) is 6.46. The van der Waals surface area contributed by atoms with Crippen LogP contribution in [0.3, 0.4) is 0 Å². The average molecular weight is 586 g/mol. The van der Waals surface area contributed by atoms with Gasteiger partial charge < -0.3 is 4.74 Å². The largest absolute Gasteiger partial charge is 0.468 e. The molecule has 1 aromatic heterocycles. The lowest BCUT2D eigenvalue weighted by Gasteiger charge is -2.16. The number of hydrogen-bond donors (Lipinski definition) is 0. The second kappa shape index (κ2) is 11.2. The molecule has 0 aliphatic heterocycles. The number of carbonyl (C=O) groups excluding carboxylic acids is 1. The zero-order valence-corrected chi connectivity index (χ0v) is 22.2. The van der Waals surface area contributed by atoms with Crippen molar-refractivity contribution in [1.82, 2.24) is 15.0 Å². The number of rotatable bonds is 6. The van der Waals surface area contributed by atoms with E-state index in [1.54, 1.807) is 12.1 Å². The second-order valence-electron chi connectivity index (χ2n) is 6.65. The Morgan fingerprint density at radius 1 is 0.879 bits per heavy atom. The first-order valence-corrected chi connectivity index (χ1v) is 12.4. The number of aromatic nitrogens is 3. The number of halogens is 6. The van der Waals surface area contributed by atoms with E-state index in [9.17, 15) is 4.79 Å². The molecule has 1 heterocycles. The number of alkyl halides is 6. The van der Waals surface area contributed by atoms with Crippen molar-refractivity contribution in [2.45, 2.75) is 24.2 Å². The van der Waals surface area contributed by atoms with Crippen molar-refractivity contribution < 1.29 is 9.53 Å². The number of nitrogens with zero attached hydrogens (tertiary/aromatic N) is 3. The van der Waals surface area contributed by atoms with E-state index in [1.165, 1.54) is 18.9 Å². The minimum atomic E-state index is -1.94. The molecule has 3 rings (SSSR count). The van der Waals surface area contributed by atoms with E-state index in [2.05, 4.69) is 15.0 Å². The molecular formula is C21H15Cl6N3O2S. The lowest BCUT2D eigenvalue weighted by molar-refractivity contribution is -0.139. The molecule has 33 heavy (non-hydrogen) atoms. The predicted octanol–water partition coefficient (Wildman–Crippen LogP) is 7.07. The molecule has 0 amide bonds. The molecule has 12 heteroatoms. The minimum Gasteiger partial charge on any atom is -0.468 e. The van der Waals surface area contributed by atoms with E-state index in [0.29, 0.717) is 12.0 Å². The fourth-order valence-electron chi connectivity index (χ4n) is 2.74. The zero-order chi connectivity index (χ0) is 24.2. The molecule has 0 bridgehead atoms. The first-order valence-electron chi connectivity index (χ1n) is 9.26. The highest BCUT2D eigenvalue weighted by Crippen LogP contribution is 2.41. The van der Waals surface area contributed by atoms with E-state index < -0.39 is 12.8 Å². The van der Waals surface area contributed by atoms with Gasteiger partial charge in [-0.2, -0.15) is 0 Å². The van der Waals surface area contributed by atoms with Crippen LogP contribution in [0, 0.1) is 0 Å². The summed E-state index contributed by atoms with van der Waals surface area (Å²) < 4.78 is 1.10. The molecule has 0 radical (unpaired) electrons. The van der Waals surface area contributed by atoms with Crippen LogP contribution in [0.4, 0.5) is 0 Å². The van der Waals surface area contributed by atoms with Gasteiger partial charge in [0, 0.05) is 10.5 Å². The normalized spacial score (nSPS) is 12.9. The highest BCUT2D eigenvalue weighted by atomic mass is 35.6. The number of esters is 1. The Balaban J connectivity index is 1.88. The lowest BCUT2D eigenvalue weighted by Crippen LogP contribution is -2.21. The van der Waals surface area contributed by atoms with Gasteiger partial charge in [0.1, 0.15) is 5.25 Å². The molecule has 0 N–H and O–H groups in total. The summed E-state index contributed by atoms with van der Waals surface area (Å²) in [6.45, 7) is 0. The lowest BCUT2D eigenvalue weighted by atomic mass is 10.1. The summed E-state index contributed by atoms with van der Waals surface area (Å²) in [5, 5.41) is -0.424. The van der Waals surface area contributed by atoms with Crippen molar-refractivity contribution in [1.29, 1.82) is 0 Å². The van der Waals surface area contributed by atoms with Crippen molar-refractivity contribution >= 4 is 87.3 Å². The number of thioether (sulfide) groups is 1. The van der Waals surface area contributed by atoms with Crippen molar-refractivity contribution in [2.75, 3.05) is 7.11 Å². The van der Waals surface area contributed by atoms with Gasteiger partial charge in [-0.25, -0.2) is 15.0 Å². The Hall–Kier alpha value is -0.990. The Bertz CT molecular complexity index is 1070. The third kappa shape index (κ3) is 7.49. The van der Waals surface area contributed by atoms with Gasteiger partial charge in [-0.05, 0) is 24.1 Å². The van der Waals surface area contributed by atoms with Gasteiger partial charge in [-0.1, -0.05) is 112 Å². The average Bonchev–Trinajstić information content (AvgIpc) is 2.78. The standard InChI is InChI=1S/C21H15Cl6N3O2S/c1-32-17(31)15(11-12-5-3-2-4-6-12)33-14-9-7-13(8-10-14)16-28-18(20(22,23)24)30-19(29-16)21(25,26)27/h2-10,15H,11H2,1H3.